The number of nitrogens with one attached hydrogen (secondary N) is 1. The quantitative estimate of drug-likeness (QED) is 0.675. The monoisotopic (exact) mass is 312 g/mol. The van der Waals surface area contributed by atoms with Gasteiger partial charge in [0, 0.05) is 39.3 Å². The fourth-order valence-electron chi connectivity index (χ4n) is 3.07. The molecule has 2 rings (SSSR count). The Morgan fingerprint density at radius 1 is 1.23 bits per heavy atom. The Bertz CT molecular complexity index is 324. The van der Waals surface area contributed by atoms with Crippen molar-refractivity contribution in [3.05, 3.63) is 0 Å². The smallest absolute Gasteiger partial charge is 0.234 e. The molecule has 0 aromatic heterocycles. The number of carbonyl (C=O) groups is 1. The SMILES string of the molecule is CN(C)CCCN1CCN(CC(=O)NCC2CCCO2)CC1. The van der Waals surface area contributed by atoms with Crippen molar-refractivity contribution in [2.75, 3.05) is 73.1 Å². The molecule has 0 radical (unpaired) electrons. The molecule has 6 nitrogen and oxygen atoms in total. The van der Waals surface area contributed by atoms with E-state index in [4.69, 9.17) is 4.74 Å². The molecular weight excluding hydrogens is 280 g/mol. The van der Waals surface area contributed by atoms with Gasteiger partial charge in [0.2, 0.25) is 5.91 Å². The van der Waals surface area contributed by atoms with Gasteiger partial charge in [-0.15, -0.1) is 0 Å². The molecule has 1 unspecified atom stereocenters. The lowest BCUT2D eigenvalue weighted by Gasteiger charge is -2.34. The zero-order valence-corrected chi connectivity index (χ0v) is 14.2. The van der Waals surface area contributed by atoms with Crippen LogP contribution in [-0.2, 0) is 9.53 Å². The number of rotatable bonds is 8. The Balaban J connectivity index is 1.53. The van der Waals surface area contributed by atoms with Crippen molar-refractivity contribution >= 4 is 5.91 Å². The Kier molecular flexibility index (Phi) is 7.59. The average molecular weight is 312 g/mol. The van der Waals surface area contributed by atoms with Crippen molar-refractivity contribution in [2.45, 2.75) is 25.4 Å². The van der Waals surface area contributed by atoms with E-state index in [0.29, 0.717) is 13.1 Å². The molecule has 22 heavy (non-hydrogen) atoms. The molecule has 0 saturated carbocycles. The van der Waals surface area contributed by atoms with Crippen LogP contribution in [0.4, 0.5) is 0 Å². The maximum Gasteiger partial charge on any atom is 0.234 e. The minimum absolute atomic E-state index is 0.136. The van der Waals surface area contributed by atoms with E-state index in [1.165, 1.54) is 6.42 Å². The van der Waals surface area contributed by atoms with Crippen LogP contribution in [0.15, 0.2) is 0 Å². The Hall–Kier alpha value is -0.690. The summed E-state index contributed by atoms with van der Waals surface area (Å²) in [5.74, 6) is 0.136. The molecule has 1 amide bonds. The predicted molar refractivity (Wildman–Crippen MR) is 88.0 cm³/mol. The van der Waals surface area contributed by atoms with E-state index in [0.717, 1.165) is 58.7 Å². The second kappa shape index (κ2) is 9.45. The van der Waals surface area contributed by atoms with Crippen LogP contribution in [-0.4, -0.2) is 99.8 Å². The zero-order valence-electron chi connectivity index (χ0n) is 14.2. The summed E-state index contributed by atoms with van der Waals surface area (Å²) in [6, 6.07) is 0. The van der Waals surface area contributed by atoms with Gasteiger partial charge >= 0.3 is 0 Å². The van der Waals surface area contributed by atoms with E-state index in [9.17, 15) is 4.79 Å². The van der Waals surface area contributed by atoms with Crippen LogP contribution >= 0.6 is 0 Å². The van der Waals surface area contributed by atoms with E-state index in [2.05, 4.69) is 34.1 Å². The molecule has 0 aromatic carbocycles. The van der Waals surface area contributed by atoms with Crippen molar-refractivity contribution in [3.8, 4) is 0 Å². The molecule has 0 aliphatic carbocycles. The number of nitrogens with zero attached hydrogens (tertiary/aromatic N) is 3. The highest BCUT2D eigenvalue weighted by molar-refractivity contribution is 5.78. The van der Waals surface area contributed by atoms with E-state index in [1.807, 2.05) is 0 Å². The summed E-state index contributed by atoms with van der Waals surface area (Å²) in [5, 5.41) is 3.01. The lowest BCUT2D eigenvalue weighted by molar-refractivity contribution is -0.123. The first-order valence-corrected chi connectivity index (χ1v) is 8.61. The molecule has 0 bridgehead atoms. The molecule has 0 spiro atoms. The normalized spacial score (nSPS) is 24.0. The van der Waals surface area contributed by atoms with Crippen LogP contribution in [0, 0.1) is 0 Å². The third-order valence-corrected chi connectivity index (χ3v) is 4.46. The lowest BCUT2D eigenvalue weighted by Crippen LogP contribution is -2.50. The molecule has 0 aromatic rings. The molecular formula is C16H32N4O2. The first-order chi connectivity index (χ1) is 10.6. The second-order valence-corrected chi connectivity index (χ2v) is 6.71. The molecule has 2 saturated heterocycles. The van der Waals surface area contributed by atoms with Crippen LogP contribution in [0.2, 0.25) is 0 Å². The van der Waals surface area contributed by atoms with E-state index >= 15 is 0 Å². The maximum absolute atomic E-state index is 12.0. The molecule has 6 heteroatoms. The van der Waals surface area contributed by atoms with Crippen LogP contribution < -0.4 is 5.32 Å². The Labute approximate surface area is 134 Å². The topological polar surface area (TPSA) is 48.0 Å². The molecule has 1 atom stereocenters. The summed E-state index contributed by atoms with van der Waals surface area (Å²) in [4.78, 5) is 19.0. The summed E-state index contributed by atoms with van der Waals surface area (Å²) in [6.07, 6.45) is 3.65. The number of carbonyl (C=O) groups excluding carboxylic acids is 1. The van der Waals surface area contributed by atoms with E-state index in [-0.39, 0.29) is 12.0 Å². The van der Waals surface area contributed by atoms with Gasteiger partial charge < -0.3 is 19.9 Å². The van der Waals surface area contributed by atoms with Gasteiger partial charge in [0.25, 0.3) is 0 Å². The van der Waals surface area contributed by atoms with Crippen molar-refractivity contribution < 1.29 is 9.53 Å². The number of amides is 1. The highest BCUT2D eigenvalue weighted by Gasteiger charge is 2.20. The van der Waals surface area contributed by atoms with Crippen LogP contribution in [0.25, 0.3) is 0 Å². The second-order valence-electron chi connectivity index (χ2n) is 6.71. The zero-order chi connectivity index (χ0) is 15.8. The lowest BCUT2D eigenvalue weighted by atomic mass is 10.2. The largest absolute Gasteiger partial charge is 0.376 e. The van der Waals surface area contributed by atoms with Gasteiger partial charge in [0.05, 0.1) is 12.6 Å². The fourth-order valence-corrected chi connectivity index (χ4v) is 3.07. The van der Waals surface area contributed by atoms with Crippen LogP contribution in [0.3, 0.4) is 0 Å². The van der Waals surface area contributed by atoms with Gasteiger partial charge in [-0.05, 0) is 46.4 Å². The Morgan fingerprint density at radius 2 is 1.95 bits per heavy atom. The summed E-state index contributed by atoms with van der Waals surface area (Å²) in [7, 11) is 4.24. The van der Waals surface area contributed by atoms with Crippen LogP contribution in [0.5, 0.6) is 0 Å². The predicted octanol–water partition coefficient (Wildman–Crippen LogP) is -0.149. The first kappa shape index (κ1) is 17.7. The summed E-state index contributed by atoms with van der Waals surface area (Å²) in [5.41, 5.74) is 0. The van der Waals surface area contributed by atoms with Gasteiger partial charge in [0.1, 0.15) is 0 Å². The fraction of sp³-hybridized carbons (Fsp3) is 0.938. The molecule has 128 valence electrons. The summed E-state index contributed by atoms with van der Waals surface area (Å²) < 4.78 is 5.52. The van der Waals surface area contributed by atoms with Gasteiger partial charge in [-0.2, -0.15) is 0 Å². The van der Waals surface area contributed by atoms with Gasteiger partial charge in [-0.1, -0.05) is 0 Å². The highest BCUT2D eigenvalue weighted by Crippen LogP contribution is 2.10. The molecule has 2 fully saturated rings. The van der Waals surface area contributed by atoms with Crippen LogP contribution in [0.1, 0.15) is 19.3 Å². The summed E-state index contributed by atoms with van der Waals surface area (Å²) >= 11 is 0. The number of hydrogen-bond acceptors (Lipinski definition) is 5. The van der Waals surface area contributed by atoms with Crippen molar-refractivity contribution in [1.29, 1.82) is 0 Å². The van der Waals surface area contributed by atoms with Gasteiger partial charge in [0.15, 0.2) is 0 Å². The van der Waals surface area contributed by atoms with Crippen molar-refractivity contribution in [1.82, 2.24) is 20.0 Å². The van der Waals surface area contributed by atoms with Crippen molar-refractivity contribution in [3.63, 3.8) is 0 Å². The molecule has 2 aliphatic heterocycles. The van der Waals surface area contributed by atoms with Gasteiger partial charge in [-0.3, -0.25) is 9.69 Å². The van der Waals surface area contributed by atoms with E-state index in [1.54, 1.807) is 0 Å². The molecule has 2 heterocycles. The summed E-state index contributed by atoms with van der Waals surface area (Å²) in [6.45, 7) is 8.49. The third kappa shape index (κ3) is 6.60. The average Bonchev–Trinajstić information content (AvgIpc) is 3.00. The number of hydrogen-bond donors (Lipinski definition) is 1. The number of piperazine rings is 1. The first-order valence-electron chi connectivity index (χ1n) is 8.61. The standard InChI is InChI=1S/C16H32N4O2/c1-18(2)6-4-7-19-8-10-20(11-9-19)14-16(21)17-13-15-5-3-12-22-15/h15H,3-14H2,1-2H3,(H,17,21). The Morgan fingerprint density at radius 3 is 2.59 bits per heavy atom. The highest BCUT2D eigenvalue weighted by atomic mass is 16.5. The van der Waals surface area contributed by atoms with Gasteiger partial charge in [-0.25, -0.2) is 0 Å². The van der Waals surface area contributed by atoms with E-state index < -0.39 is 0 Å². The molecule has 2 aliphatic rings. The van der Waals surface area contributed by atoms with Crippen molar-refractivity contribution in [2.24, 2.45) is 0 Å². The minimum Gasteiger partial charge on any atom is -0.376 e. The maximum atomic E-state index is 12.0. The minimum atomic E-state index is 0.136. The molecule has 1 N–H and O–H groups in total. The third-order valence-electron chi connectivity index (χ3n) is 4.46. The number of ether oxygens (including phenoxy) is 1.